The van der Waals surface area contributed by atoms with Gasteiger partial charge in [0.05, 0.1) is 7.11 Å². The van der Waals surface area contributed by atoms with Crippen molar-refractivity contribution in [2.75, 3.05) is 13.7 Å². The number of hydrogen-bond donors (Lipinski definition) is 1. The fraction of sp³-hybridized carbons (Fsp3) is 0.316. The molecule has 1 N–H and O–H groups in total. The Morgan fingerprint density at radius 1 is 1.39 bits per heavy atom. The van der Waals surface area contributed by atoms with Crippen LogP contribution < -0.4 is 14.8 Å². The van der Waals surface area contributed by atoms with Crippen LogP contribution in [0.4, 0.5) is 0 Å². The summed E-state index contributed by atoms with van der Waals surface area (Å²) in [7, 11) is 1.65. The molecule has 0 aliphatic carbocycles. The van der Waals surface area contributed by atoms with Gasteiger partial charge in [-0.2, -0.15) is 0 Å². The molecule has 23 heavy (non-hydrogen) atoms. The normalized spacial score (nSPS) is 20.6. The van der Waals surface area contributed by atoms with Crippen molar-refractivity contribution in [1.29, 1.82) is 0 Å². The fourth-order valence-electron chi connectivity index (χ4n) is 2.92. The van der Waals surface area contributed by atoms with E-state index in [0.29, 0.717) is 13.0 Å². The molecule has 2 aliphatic heterocycles. The first-order valence-corrected chi connectivity index (χ1v) is 7.52. The van der Waals surface area contributed by atoms with Gasteiger partial charge in [0.25, 0.3) is 0 Å². The van der Waals surface area contributed by atoms with Crippen LogP contribution in [0, 0.1) is 12.8 Å². The molecule has 1 aromatic carbocycles. The number of nitrogens with one attached hydrogen (secondary N) is 1. The number of rotatable bonds is 3. The molecule has 1 fully saturated rings. The standard InChI is InChI=1S/C17H19NO3.C2H2/c1-3-4-5-12-9-14-13(11-8-16(19)18-10-11)6-7-15(20-2)17(14)21-12;1-2/h3-7,11H,8-10H2,1-2H3,(H,18,19);1-2H/b4-3-,12-5+;. The number of fused-ring (bicyclic) bond motifs is 1. The van der Waals surface area contributed by atoms with E-state index in [9.17, 15) is 4.79 Å². The number of hydrogen-bond acceptors (Lipinski definition) is 3. The van der Waals surface area contributed by atoms with E-state index in [-0.39, 0.29) is 11.8 Å². The van der Waals surface area contributed by atoms with E-state index in [2.05, 4.69) is 24.2 Å². The number of methoxy groups -OCH3 is 1. The zero-order valence-electron chi connectivity index (χ0n) is 13.5. The molecule has 0 radical (unpaired) electrons. The molecule has 2 aliphatic rings. The molecule has 0 bridgehead atoms. The van der Waals surface area contributed by atoms with Crippen LogP contribution in [0.2, 0.25) is 0 Å². The molecule has 1 unspecified atom stereocenters. The van der Waals surface area contributed by atoms with Crippen molar-refractivity contribution in [3.8, 4) is 24.3 Å². The number of carbonyl (C=O) groups excluding carboxylic acids is 1. The smallest absolute Gasteiger partial charge is 0.220 e. The molecule has 120 valence electrons. The molecular weight excluding hydrogens is 290 g/mol. The van der Waals surface area contributed by atoms with Crippen molar-refractivity contribution in [3.05, 3.63) is 47.2 Å². The van der Waals surface area contributed by atoms with Gasteiger partial charge < -0.3 is 14.8 Å². The summed E-state index contributed by atoms with van der Waals surface area (Å²) >= 11 is 0. The Morgan fingerprint density at radius 3 is 2.78 bits per heavy atom. The first-order chi connectivity index (χ1) is 11.2. The van der Waals surface area contributed by atoms with Crippen molar-refractivity contribution < 1.29 is 14.3 Å². The molecule has 1 atom stereocenters. The van der Waals surface area contributed by atoms with Crippen LogP contribution in [0.25, 0.3) is 0 Å². The van der Waals surface area contributed by atoms with E-state index in [1.807, 2.05) is 31.2 Å². The quantitative estimate of drug-likeness (QED) is 0.873. The largest absolute Gasteiger partial charge is 0.493 e. The lowest BCUT2D eigenvalue weighted by Crippen LogP contribution is -2.13. The van der Waals surface area contributed by atoms with Gasteiger partial charge in [-0.25, -0.2) is 0 Å². The van der Waals surface area contributed by atoms with Crippen LogP contribution in [-0.4, -0.2) is 19.6 Å². The highest BCUT2D eigenvalue weighted by atomic mass is 16.5. The molecule has 0 spiro atoms. The number of allylic oxidation sites excluding steroid dienone is 4. The SMILES string of the molecule is C#C.C/C=C\C=C1/Cc2c(C3CNC(=O)C3)ccc(OC)c2O1. The maximum Gasteiger partial charge on any atom is 0.220 e. The third kappa shape index (κ3) is 3.40. The van der Waals surface area contributed by atoms with Gasteiger partial charge in [0.1, 0.15) is 5.76 Å². The fourth-order valence-corrected chi connectivity index (χ4v) is 2.92. The first-order valence-electron chi connectivity index (χ1n) is 7.52. The van der Waals surface area contributed by atoms with Crippen molar-refractivity contribution in [1.82, 2.24) is 5.32 Å². The Labute approximate surface area is 137 Å². The average molecular weight is 311 g/mol. The summed E-state index contributed by atoms with van der Waals surface area (Å²) in [6, 6.07) is 3.99. The van der Waals surface area contributed by atoms with Crippen molar-refractivity contribution >= 4 is 5.91 Å². The Bertz CT molecular complexity index is 671. The van der Waals surface area contributed by atoms with Gasteiger partial charge in [0.2, 0.25) is 5.91 Å². The maximum atomic E-state index is 11.5. The minimum Gasteiger partial charge on any atom is -0.493 e. The second-order valence-corrected chi connectivity index (χ2v) is 5.31. The van der Waals surface area contributed by atoms with Crippen molar-refractivity contribution in [2.24, 2.45) is 0 Å². The Kier molecular flexibility index (Phi) is 5.48. The summed E-state index contributed by atoms with van der Waals surface area (Å²) in [6.45, 7) is 2.67. The molecule has 4 nitrogen and oxygen atoms in total. The molecular formula is C19H21NO3. The summed E-state index contributed by atoms with van der Waals surface area (Å²) in [5.74, 6) is 2.79. The minimum atomic E-state index is 0.119. The van der Waals surface area contributed by atoms with Crippen LogP contribution in [-0.2, 0) is 11.2 Å². The van der Waals surface area contributed by atoms with E-state index < -0.39 is 0 Å². The number of terminal acetylenes is 1. The van der Waals surface area contributed by atoms with Crippen molar-refractivity contribution in [3.63, 3.8) is 0 Å². The molecule has 3 rings (SSSR count). The zero-order chi connectivity index (χ0) is 16.8. The van der Waals surface area contributed by atoms with Gasteiger partial charge in [-0.3, -0.25) is 4.79 Å². The summed E-state index contributed by atoms with van der Waals surface area (Å²) in [6.07, 6.45) is 15.2. The minimum absolute atomic E-state index is 0.119. The molecule has 1 amide bonds. The topological polar surface area (TPSA) is 47.6 Å². The summed E-state index contributed by atoms with van der Waals surface area (Å²) in [5.41, 5.74) is 2.33. The molecule has 1 aromatic rings. The molecule has 2 heterocycles. The van der Waals surface area contributed by atoms with E-state index >= 15 is 0 Å². The lowest BCUT2D eigenvalue weighted by molar-refractivity contribution is -0.119. The van der Waals surface area contributed by atoms with Crippen LogP contribution in [0.3, 0.4) is 0 Å². The average Bonchev–Trinajstić information content (AvgIpc) is 3.20. The summed E-state index contributed by atoms with van der Waals surface area (Å²) < 4.78 is 11.3. The number of benzene rings is 1. The van der Waals surface area contributed by atoms with E-state index in [1.165, 1.54) is 5.56 Å². The lowest BCUT2D eigenvalue weighted by atomic mass is 9.91. The Morgan fingerprint density at radius 2 is 2.17 bits per heavy atom. The van der Waals surface area contributed by atoms with Crippen LogP contribution in [0.5, 0.6) is 11.5 Å². The summed E-state index contributed by atoms with van der Waals surface area (Å²) in [5, 5.41) is 2.90. The van der Waals surface area contributed by atoms with Crippen LogP contribution >= 0.6 is 0 Å². The molecule has 0 saturated carbocycles. The molecule has 4 heteroatoms. The third-order valence-electron chi connectivity index (χ3n) is 3.96. The van der Waals surface area contributed by atoms with Gasteiger partial charge in [-0.05, 0) is 24.6 Å². The van der Waals surface area contributed by atoms with Gasteiger partial charge in [0.15, 0.2) is 11.5 Å². The Hall–Kier alpha value is -2.67. The van der Waals surface area contributed by atoms with Crippen molar-refractivity contribution in [2.45, 2.75) is 25.7 Å². The van der Waals surface area contributed by atoms with Gasteiger partial charge >= 0.3 is 0 Å². The van der Waals surface area contributed by atoms with E-state index in [4.69, 9.17) is 9.47 Å². The third-order valence-corrected chi connectivity index (χ3v) is 3.96. The predicted octanol–water partition coefficient (Wildman–Crippen LogP) is 2.94. The van der Waals surface area contributed by atoms with Gasteiger partial charge in [-0.1, -0.05) is 18.2 Å². The summed E-state index contributed by atoms with van der Waals surface area (Å²) in [4.78, 5) is 11.5. The van der Waals surface area contributed by atoms with Crippen LogP contribution in [0.1, 0.15) is 30.4 Å². The number of amides is 1. The molecule has 1 saturated heterocycles. The molecule has 0 aromatic heterocycles. The highest BCUT2D eigenvalue weighted by Gasteiger charge is 2.31. The lowest BCUT2D eigenvalue weighted by Gasteiger charge is -2.14. The number of carbonyl (C=O) groups is 1. The van der Waals surface area contributed by atoms with Gasteiger partial charge in [-0.15, -0.1) is 12.8 Å². The zero-order valence-corrected chi connectivity index (χ0v) is 13.5. The number of ether oxygens (including phenoxy) is 2. The highest BCUT2D eigenvalue weighted by Crippen LogP contribution is 2.44. The highest BCUT2D eigenvalue weighted by molar-refractivity contribution is 5.79. The van der Waals surface area contributed by atoms with Crippen LogP contribution in [0.15, 0.2) is 36.1 Å². The monoisotopic (exact) mass is 311 g/mol. The Balaban J connectivity index is 0.000000924. The second kappa shape index (κ2) is 7.55. The van der Waals surface area contributed by atoms with E-state index in [0.717, 1.165) is 29.2 Å². The predicted molar refractivity (Wildman–Crippen MR) is 90.5 cm³/mol. The maximum absolute atomic E-state index is 11.5. The van der Waals surface area contributed by atoms with E-state index in [1.54, 1.807) is 7.11 Å². The van der Waals surface area contributed by atoms with Gasteiger partial charge in [0, 0.05) is 30.9 Å². The second-order valence-electron chi connectivity index (χ2n) is 5.31. The first kappa shape index (κ1) is 16.7.